The molecule has 5 heteroatoms. The summed E-state index contributed by atoms with van der Waals surface area (Å²) >= 11 is 15.2. The largest absolute Gasteiger partial charge is 0.489 e. The van der Waals surface area contributed by atoms with E-state index in [0.29, 0.717) is 22.9 Å². The average molecular weight is 364 g/mol. The van der Waals surface area contributed by atoms with Crippen molar-refractivity contribution in [2.24, 2.45) is 0 Å². The predicted octanol–water partition coefficient (Wildman–Crippen LogP) is 5.56. The van der Waals surface area contributed by atoms with E-state index in [1.807, 2.05) is 12.1 Å². The summed E-state index contributed by atoms with van der Waals surface area (Å²) in [6, 6.07) is 9.83. The molecule has 0 aliphatic carbocycles. The zero-order chi connectivity index (χ0) is 13.8. The van der Waals surface area contributed by atoms with Gasteiger partial charge in [0.05, 0.1) is 5.88 Å². The van der Waals surface area contributed by atoms with E-state index < -0.39 is 0 Å². The number of hydrogen-bond donors (Lipinski definition) is 0. The molecule has 19 heavy (non-hydrogen) atoms. The monoisotopic (exact) mass is 362 g/mol. The number of hydrogen-bond acceptors (Lipinski definition) is 1. The Morgan fingerprint density at radius 1 is 1.11 bits per heavy atom. The highest BCUT2D eigenvalue weighted by molar-refractivity contribution is 9.10. The fourth-order valence-corrected chi connectivity index (χ4v) is 2.52. The van der Waals surface area contributed by atoms with E-state index >= 15 is 0 Å². The summed E-state index contributed by atoms with van der Waals surface area (Å²) in [5, 5.41) is 0.615. The lowest BCUT2D eigenvalue weighted by atomic mass is 10.2. The molecule has 0 bridgehead atoms. The van der Waals surface area contributed by atoms with Gasteiger partial charge in [0, 0.05) is 20.6 Å². The third-order valence-electron chi connectivity index (χ3n) is 2.56. The maximum absolute atomic E-state index is 13.1. The van der Waals surface area contributed by atoms with Gasteiger partial charge in [0.25, 0.3) is 0 Å². The molecule has 0 heterocycles. The molecule has 2 aromatic carbocycles. The van der Waals surface area contributed by atoms with Gasteiger partial charge in [-0.15, -0.1) is 11.6 Å². The van der Waals surface area contributed by atoms with Crippen molar-refractivity contribution in [3.05, 3.63) is 62.8 Å². The quantitative estimate of drug-likeness (QED) is 0.646. The molecule has 0 saturated carbocycles. The normalized spacial score (nSPS) is 10.5. The maximum Gasteiger partial charge on any atom is 0.124 e. The molecule has 2 rings (SSSR count). The molecule has 100 valence electrons. The van der Waals surface area contributed by atoms with Crippen molar-refractivity contribution < 1.29 is 9.13 Å². The van der Waals surface area contributed by atoms with Gasteiger partial charge in [-0.05, 0) is 30.3 Å². The molecular formula is C14H10BrCl2FO. The summed E-state index contributed by atoms with van der Waals surface area (Å²) in [7, 11) is 0. The molecule has 0 amide bonds. The van der Waals surface area contributed by atoms with Crippen LogP contribution in [-0.2, 0) is 12.5 Å². The second-order valence-electron chi connectivity index (χ2n) is 3.91. The lowest BCUT2D eigenvalue weighted by molar-refractivity contribution is 0.303. The van der Waals surface area contributed by atoms with Crippen molar-refractivity contribution in [1.29, 1.82) is 0 Å². The molecule has 0 fully saturated rings. The Balaban J connectivity index is 2.14. The van der Waals surface area contributed by atoms with Gasteiger partial charge in [-0.2, -0.15) is 0 Å². The van der Waals surface area contributed by atoms with E-state index in [1.165, 1.54) is 12.1 Å². The minimum Gasteiger partial charge on any atom is -0.489 e. The third-order valence-corrected chi connectivity index (χ3v) is 3.70. The molecule has 1 nitrogen and oxygen atoms in total. The van der Waals surface area contributed by atoms with E-state index in [9.17, 15) is 4.39 Å². The summed E-state index contributed by atoms with van der Waals surface area (Å²) in [4.78, 5) is 0. The first-order valence-electron chi connectivity index (χ1n) is 5.51. The molecule has 0 N–H and O–H groups in total. The van der Waals surface area contributed by atoms with Crippen molar-refractivity contribution in [1.82, 2.24) is 0 Å². The molecule has 0 saturated heterocycles. The lowest BCUT2D eigenvalue weighted by Crippen LogP contribution is -1.99. The number of rotatable bonds is 4. The van der Waals surface area contributed by atoms with E-state index in [1.54, 1.807) is 12.1 Å². The Morgan fingerprint density at radius 2 is 1.89 bits per heavy atom. The zero-order valence-corrected chi connectivity index (χ0v) is 12.9. The first-order chi connectivity index (χ1) is 9.10. The SMILES string of the molecule is Fc1ccc(OCc2ccc(Br)cc2Cl)c(CCl)c1. The van der Waals surface area contributed by atoms with E-state index in [4.69, 9.17) is 27.9 Å². The molecule has 0 unspecified atom stereocenters. The van der Waals surface area contributed by atoms with Gasteiger partial charge in [-0.3, -0.25) is 0 Å². The number of alkyl halides is 1. The van der Waals surface area contributed by atoms with Crippen LogP contribution in [0, 0.1) is 5.82 Å². The fraction of sp³-hybridized carbons (Fsp3) is 0.143. The van der Waals surface area contributed by atoms with Crippen LogP contribution in [0.5, 0.6) is 5.75 Å². The van der Waals surface area contributed by atoms with Crippen LogP contribution in [0.3, 0.4) is 0 Å². The Morgan fingerprint density at radius 3 is 2.58 bits per heavy atom. The third kappa shape index (κ3) is 3.85. The predicted molar refractivity (Wildman–Crippen MR) is 79.4 cm³/mol. The van der Waals surface area contributed by atoms with Crippen LogP contribution in [0.2, 0.25) is 5.02 Å². The average Bonchev–Trinajstić information content (AvgIpc) is 2.39. The summed E-state index contributed by atoms with van der Waals surface area (Å²) in [6.07, 6.45) is 0. The Bertz CT molecular complexity index is 590. The minimum atomic E-state index is -0.329. The highest BCUT2D eigenvalue weighted by atomic mass is 79.9. The van der Waals surface area contributed by atoms with Crippen molar-refractivity contribution in [3.63, 3.8) is 0 Å². The van der Waals surface area contributed by atoms with Gasteiger partial charge in [0.2, 0.25) is 0 Å². The second-order valence-corrected chi connectivity index (χ2v) is 5.50. The van der Waals surface area contributed by atoms with E-state index in [2.05, 4.69) is 15.9 Å². The van der Waals surface area contributed by atoms with Crippen LogP contribution in [0.4, 0.5) is 4.39 Å². The van der Waals surface area contributed by atoms with Crippen LogP contribution in [0.25, 0.3) is 0 Å². The lowest BCUT2D eigenvalue weighted by Gasteiger charge is -2.11. The molecule has 0 aliphatic rings. The molecule has 0 aromatic heterocycles. The molecule has 0 spiro atoms. The van der Waals surface area contributed by atoms with E-state index in [-0.39, 0.29) is 11.7 Å². The Kier molecular flexibility index (Phi) is 5.08. The molecule has 0 atom stereocenters. The summed E-state index contributed by atoms with van der Waals surface area (Å²) in [5.41, 5.74) is 1.48. The minimum absolute atomic E-state index is 0.196. The summed E-state index contributed by atoms with van der Waals surface area (Å²) in [6.45, 7) is 0.307. The smallest absolute Gasteiger partial charge is 0.124 e. The molecular weight excluding hydrogens is 354 g/mol. The van der Waals surface area contributed by atoms with Crippen LogP contribution in [-0.4, -0.2) is 0 Å². The Hall–Kier alpha value is -0.770. The van der Waals surface area contributed by atoms with Crippen LogP contribution in [0.15, 0.2) is 40.9 Å². The first kappa shape index (κ1) is 14.6. The van der Waals surface area contributed by atoms with Gasteiger partial charge in [-0.1, -0.05) is 33.6 Å². The molecule has 0 radical (unpaired) electrons. The topological polar surface area (TPSA) is 9.23 Å². The van der Waals surface area contributed by atoms with Gasteiger partial charge in [0.1, 0.15) is 18.2 Å². The molecule has 0 aliphatic heterocycles. The van der Waals surface area contributed by atoms with Crippen LogP contribution >= 0.6 is 39.1 Å². The highest BCUT2D eigenvalue weighted by Gasteiger charge is 2.07. The number of halogens is 4. The Labute approximate surface area is 129 Å². The number of benzene rings is 2. The standard InChI is InChI=1S/C14H10BrCl2FO/c15-11-2-1-9(13(17)6-11)8-19-14-4-3-12(18)5-10(14)7-16/h1-6H,7-8H2. The van der Waals surface area contributed by atoms with Gasteiger partial charge in [-0.25, -0.2) is 4.39 Å². The van der Waals surface area contributed by atoms with E-state index in [0.717, 1.165) is 10.0 Å². The first-order valence-corrected chi connectivity index (χ1v) is 7.22. The van der Waals surface area contributed by atoms with Crippen molar-refractivity contribution in [3.8, 4) is 5.75 Å². The van der Waals surface area contributed by atoms with Crippen LogP contribution < -0.4 is 4.74 Å². The van der Waals surface area contributed by atoms with Gasteiger partial charge in [0.15, 0.2) is 0 Å². The maximum atomic E-state index is 13.1. The fourth-order valence-electron chi connectivity index (χ4n) is 1.59. The van der Waals surface area contributed by atoms with Crippen LogP contribution in [0.1, 0.15) is 11.1 Å². The number of ether oxygens (including phenoxy) is 1. The van der Waals surface area contributed by atoms with Crippen molar-refractivity contribution >= 4 is 39.1 Å². The van der Waals surface area contributed by atoms with Crippen molar-refractivity contribution in [2.75, 3.05) is 0 Å². The summed E-state index contributed by atoms with van der Waals surface area (Å²) in [5.74, 6) is 0.432. The van der Waals surface area contributed by atoms with Gasteiger partial charge >= 0.3 is 0 Å². The molecule has 2 aromatic rings. The summed E-state index contributed by atoms with van der Waals surface area (Å²) < 4.78 is 19.6. The highest BCUT2D eigenvalue weighted by Crippen LogP contribution is 2.25. The van der Waals surface area contributed by atoms with Crippen molar-refractivity contribution in [2.45, 2.75) is 12.5 Å². The second kappa shape index (κ2) is 6.60. The zero-order valence-electron chi connectivity index (χ0n) is 9.80. The van der Waals surface area contributed by atoms with Gasteiger partial charge < -0.3 is 4.74 Å².